The number of benzene rings is 1. The summed E-state index contributed by atoms with van der Waals surface area (Å²) in [5.74, 6) is -0.786. The fourth-order valence-corrected chi connectivity index (χ4v) is 2.09. The highest BCUT2D eigenvalue weighted by molar-refractivity contribution is 7.98. The summed E-state index contributed by atoms with van der Waals surface area (Å²) >= 11 is 7.06. The molecule has 2 rings (SSSR count). The highest BCUT2D eigenvalue weighted by Gasteiger charge is 2.25. The number of hydrogen-bond acceptors (Lipinski definition) is 6. The zero-order valence-corrected chi connectivity index (χ0v) is 12.0. The van der Waals surface area contributed by atoms with Gasteiger partial charge in [-0.05, 0) is 24.5 Å². The van der Waals surface area contributed by atoms with Crippen LogP contribution in [0.5, 0.6) is 0 Å². The lowest BCUT2D eigenvalue weighted by molar-refractivity contribution is 0.0960. The van der Waals surface area contributed by atoms with E-state index >= 15 is 0 Å². The number of aromatic nitrogens is 2. The van der Waals surface area contributed by atoms with Crippen molar-refractivity contribution in [2.45, 2.75) is 11.2 Å². The first-order valence-electron chi connectivity index (χ1n) is 6.03. The minimum atomic E-state index is -2.36. The first kappa shape index (κ1) is 13.2. The summed E-state index contributed by atoms with van der Waals surface area (Å²) in [5, 5.41) is 3.38. The van der Waals surface area contributed by atoms with Gasteiger partial charge in [-0.15, -0.1) is 4.91 Å². The minimum absolute atomic E-state index is 0.0678. The van der Waals surface area contributed by atoms with Gasteiger partial charge in [0.1, 0.15) is 0 Å². The van der Waals surface area contributed by atoms with Crippen molar-refractivity contribution < 1.29 is 6.17 Å². The first-order chi connectivity index (χ1) is 10.0. The molecule has 1 aromatic heterocycles. The van der Waals surface area contributed by atoms with E-state index in [0.29, 0.717) is 10.2 Å². The Balaban J connectivity index is 2.49. The predicted octanol–water partition coefficient (Wildman–Crippen LogP) is 3.54. The number of thioether (sulfide) groups is 1. The molecule has 1 aromatic carbocycles. The second kappa shape index (κ2) is 6.58. The molecule has 0 saturated carbocycles. The molecule has 0 bridgehead atoms. The van der Waals surface area contributed by atoms with Gasteiger partial charge in [-0.2, -0.15) is 0 Å². The van der Waals surface area contributed by atoms with Crippen LogP contribution >= 0.6 is 23.4 Å². The van der Waals surface area contributed by atoms with E-state index in [1.807, 2.05) is 0 Å². The average molecular weight is 309 g/mol. The van der Waals surface area contributed by atoms with Gasteiger partial charge in [0.25, 0.3) is 0 Å². The van der Waals surface area contributed by atoms with Crippen molar-refractivity contribution in [3.8, 4) is 0 Å². The molecule has 0 radical (unpaired) electrons. The Morgan fingerprint density at radius 2 is 2.30 bits per heavy atom. The molecule has 1 atom stereocenters. The third-order valence-corrected chi connectivity index (χ3v) is 3.25. The van der Waals surface area contributed by atoms with Crippen LogP contribution in [-0.4, -0.2) is 22.0 Å². The van der Waals surface area contributed by atoms with Crippen molar-refractivity contribution in [3.05, 3.63) is 57.7 Å². The SMILES string of the molecule is [2H]C(N=O)(C(=O)c1cccc(Cl)c1)c1ccnc(SC)n1. The maximum absolute atomic E-state index is 12.4. The van der Waals surface area contributed by atoms with E-state index in [9.17, 15) is 9.70 Å². The molecular weight excluding hydrogens is 298 g/mol. The van der Waals surface area contributed by atoms with Crippen LogP contribution in [0.2, 0.25) is 5.02 Å². The molecule has 102 valence electrons. The largest absolute Gasteiger partial charge is 0.291 e. The molecule has 0 aliphatic heterocycles. The number of rotatable bonds is 5. The molecule has 5 nitrogen and oxygen atoms in total. The Morgan fingerprint density at radius 3 is 2.95 bits per heavy atom. The van der Waals surface area contributed by atoms with Crippen LogP contribution < -0.4 is 0 Å². The molecule has 0 amide bonds. The summed E-state index contributed by atoms with van der Waals surface area (Å²) < 4.78 is 8.12. The van der Waals surface area contributed by atoms with Crippen LogP contribution in [0, 0.1) is 4.91 Å². The van der Waals surface area contributed by atoms with Gasteiger partial charge in [0.05, 0.1) is 7.06 Å². The molecule has 1 heterocycles. The van der Waals surface area contributed by atoms with Gasteiger partial charge >= 0.3 is 0 Å². The van der Waals surface area contributed by atoms with Crippen molar-refractivity contribution in [3.63, 3.8) is 0 Å². The van der Waals surface area contributed by atoms with Gasteiger partial charge in [-0.1, -0.05) is 40.7 Å². The first-order valence-corrected chi connectivity index (χ1v) is 7.14. The number of Topliss-reactive ketones (excluding diaryl/α,β-unsaturated/α-hetero) is 1. The van der Waals surface area contributed by atoms with Crippen molar-refractivity contribution in [1.29, 1.82) is 0 Å². The average Bonchev–Trinajstić information content (AvgIpc) is 2.53. The smallest absolute Gasteiger partial charge is 0.197 e. The Morgan fingerprint density at radius 1 is 1.50 bits per heavy atom. The Bertz CT molecular complexity index is 701. The van der Waals surface area contributed by atoms with Crippen LogP contribution in [0.25, 0.3) is 0 Å². The van der Waals surface area contributed by atoms with E-state index in [0.717, 1.165) is 0 Å². The molecule has 2 aromatic rings. The molecule has 0 aliphatic rings. The number of carbonyl (C=O) groups excluding carboxylic acids is 1. The molecule has 0 N–H and O–H groups in total. The number of hydrogen-bond donors (Lipinski definition) is 0. The summed E-state index contributed by atoms with van der Waals surface area (Å²) in [7, 11) is 0. The number of nitrogens with zero attached hydrogens (tertiary/aromatic N) is 3. The van der Waals surface area contributed by atoms with E-state index in [2.05, 4.69) is 15.1 Å². The van der Waals surface area contributed by atoms with Crippen molar-refractivity contribution in [1.82, 2.24) is 9.97 Å². The number of halogens is 1. The van der Waals surface area contributed by atoms with Crippen molar-refractivity contribution >= 4 is 29.1 Å². The summed E-state index contributed by atoms with van der Waals surface area (Å²) in [4.78, 5) is 31.6. The van der Waals surface area contributed by atoms with Crippen LogP contribution in [-0.2, 0) is 0 Å². The third-order valence-electron chi connectivity index (χ3n) is 2.45. The van der Waals surface area contributed by atoms with Gasteiger partial charge in [-0.25, -0.2) is 9.97 Å². The molecule has 20 heavy (non-hydrogen) atoms. The number of nitroso groups, excluding NO2 is 1. The van der Waals surface area contributed by atoms with Crippen LogP contribution in [0.4, 0.5) is 0 Å². The molecule has 0 spiro atoms. The Hall–Kier alpha value is -1.79. The lowest BCUT2D eigenvalue weighted by atomic mass is 10.0. The Labute approximate surface area is 126 Å². The monoisotopic (exact) mass is 308 g/mol. The zero-order valence-electron chi connectivity index (χ0n) is 11.4. The second-order valence-electron chi connectivity index (χ2n) is 3.71. The topological polar surface area (TPSA) is 72.3 Å². The van der Waals surface area contributed by atoms with E-state index in [-0.39, 0.29) is 11.3 Å². The second-order valence-corrected chi connectivity index (χ2v) is 4.92. The van der Waals surface area contributed by atoms with Gasteiger partial charge < -0.3 is 0 Å². The van der Waals surface area contributed by atoms with Crippen LogP contribution in [0.1, 0.15) is 23.4 Å². The van der Waals surface area contributed by atoms with E-state index in [1.54, 1.807) is 18.4 Å². The lowest BCUT2D eigenvalue weighted by Gasteiger charge is -2.08. The standard InChI is InChI=1S/C13H10ClN3O2S/c1-20-13-15-6-5-10(16-13)11(17-19)12(18)8-3-2-4-9(14)7-8/h2-7,11H,1H3/i11D. The van der Waals surface area contributed by atoms with Gasteiger partial charge in [-0.3, -0.25) is 4.79 Å². The number of ketones is 1. The zero-order chi connectivity index (χ0) is 15.5. The highest BCUT2D eigenvalue weighted by atomic mass is 35.5. The minimum Gasteiger partial charge on any atom is -0.291 e. The Kier molecular flexibility index (Phi) is 4.35. The van der Waals surface area contributed by atoms with Gasteiger partial charge in [0, 0.05) is 16.8 Å². The normalized spacial score (nSPS) is 14.2. The quantitative estimate of drug-likeness (QED) is 0.365. The van der Waals surface area contributed by atoms with E-state index < -0.39 is 11.8 Å². The predicted molar refractivity (Wildman–Crippen MR) is 78.1 cm³/mol. The fraction of sp³-hybridized carbons (Fsp3) is 0.154. The molecule has 1 unspecified atom stereocenters. The van der Waals surface area contributed by atoms with Gasteiger partial charge in [0.2, 0.25) is 0 Å². The molecule has 7 heteroatoms. The summed E-state index contributed by atoms with van der Waals surface area (Å²) in [6.07, 6.45) is 3.13. The van der Waals surface area contributed by atoms with E-state index in [4.69, 9.17) is 13.0 Å². The molecule has 0 saturated heterocycles. The summed E-state index contributed by atoms with van der Waals surface area (Å²) in [6, 6.07) is 4.98. The summed E-state index contributed by atoms with van der Waals surface area (Å²) in [5.41, 5.74) is 0.0586. The molecule has 0 aliphatic carbocycles. The summed E-state index contributed by atoms with van der Waals surface area (Å²) in [6.45, 7) is 0. The maximum Gasteiger partial charge on any atom is 0.197 e. The van der Waals surface area contributed by atoms with E-state index in [1.165, 1.54) is 36.2 Å². The highest BCUT2D eigenvalue weighted by Crippen LogP contribution is 2.23. The fourth-order valence-electron chi connectivity index (χ4n) is 1.54. The molecule has 0 fully saturated rings. The van der Waals surface area contributed by atoms with Crippen LogP contribution in [0.15, 0.2) is 46.9 Å². The van der Waals surface area contributed by atoms with Crippen molar-refractivity contribution in [2.75, 3.05) is 6.26 Å². The number of carbonyl (C=O) groups is 1. The molecular formula is C13H10ClN3O2S. The van der Waals surface area contributed by atoms with Gasteiger partial charge in [0.15, 0.2) is 17.0 Å². The van der Waals surface area contributed by atoms with Crippen molar-refractivity contribution in [2.24, 2.45) is 5.18 Å². The lowest BCUT2D eigenvalue weighted by Crippen LogP contribution is -2.12. The van der Waals surface area contributed by atoms with Crippen LogP contribution in [0.3, 0.4) is 0 Å². The third kappa shape index (κ3) is 3.20. The maximum atomic E-state index is 12.4.